The van der Waals surface area contributed by atoms with Gasteiger partial charge in [-0.2, -0.15) is 0 Å². The van der Waals surface area contributed by atoms with E-state index < -0.39 is 18.1 Å². The van der Waals surface area contributed by atoms with E-state index in [4.69, 9.17) is 9.47 Å². The lowest BCUT2D eigenvalue weighted by Gasteiger charge is -2.19. The van der Waals surface area contributed by atoms with Gasteiger partial charge in [0.25, 0.3) is 0 Å². The van der Waals surface area contributed by atoms with Crippen molar-refractivity contribution in [2.24, 2.45) is 0 Å². The van der Waals surface area contributed by atoms with Crippen LogP contribution in [-0.2, 0) is 11.3 Å². The minimum absolute atomic E-state index is 0.166. The van der Waals surface area contributed by atoms with Crippen LogP contribution >= 0.6 is 0 Å². The Morgan fingerprint density at radius 1 is 1.09 bits per heavy atom. The zero-order chi connectivity index (χ0) is 24.1. The summed E-state index contributed by atoms with van der Waals surface area (Å²) in [4.78, 5) is 11.8. The summed E-state index contributed by atoms with van der Waals surface area (Å²) in [5, 5.41) is 6.01. The Kier molecular flexibility index (Phi) is 7.73. The van der Waals surface area contributed by atoms with E-state index in [-0.39, 0.29) is 18.9 Å². The van der Waals surface area contributed by atoms with Crippen molar-refractivity contribution in [3.8, 4) is 22.6 Å². The maximum absolute atomic E-state index is 12.9. The van der Waals surface area contributed by atoms with Gasteiger partial charge in [-0.15, -0.1) is 13.2 Å². The molecule has 0 unspecified atom stereocenters. The molecular weight excluding hydrogens is 437 g/mol. The first-order chi connectivity index (χ1) is 15.5. The Balaban J connectivity index is 1.74. The molecule has 1 fully saturated rings. The van der Waals surface area contributed by atoms with E-state index in [0.717, 1.165) is 18.4 Å². The predicted molar refractivity (Wildman–Crippen MR) is 118 cm³/mol. The second kappa shape index (κ2) is 10.3. The van der Waals surface area contributed by atoms with Crippen LogP contribution in [0, 0.1) is 0 Å². The van der Waals surface area contributed by atoms with E-state index in [1.54, 1.807) is 39.0 Å². The molecule has 0 heterocycles. The minimum Gasteiger partial charge on any atom is -0.492 e. The molecule has 1 aliphatic rings. The zero-order valence-corrected chi connectivity index (χ0v) is 18.9. The summed E-state index contributed by atoms with van der Waals surface area (Å²) in [6.07, 6.45) is -3.12. The van der Waals surface area contributed by atoms with Crippen LogP contribution in [0.5, 0.6) is 11.5 Å². The monoisotopic (exact) mass is 466 g/mol. The Morgan fingerprint density at radius 3 is 2.48 bits per heavy atom. The number of amides is 1. The quantitative estimate of drug-likeness (QED) is 0.484. The molecule has 3 rings (SSSR count). The van der Waals surface area contributed by atoms with Crippen LogP contribution in [-0.4, -0.2) is 37.3 Å². The first-order valence-electron chi connectivity index (χ1n) is 10.8. The second-order valence-corrected chi connectivity index (χ2v) is 8.84. The third kappa shape index (κ3) is 8.84. The molecule has 6 nitrogen and oxygen atoms in total. The fourth-order valence-electron chi connectivity index (χ4n) is 3.11. The molecule has 0 radical (unpaired) electrons. The maximum atomic E-state index is 12.9. The van der Waals surface area contributed by atoms with E-state index in [9.17, 15) is 18.0 Å². The highest BCUT2D eigenvalue weighted by atomic mass is 19.4. The lowest BCUT2D eigenvalue weighted by molar-refractivity contribution is -0.274. The number of hydrogen-bond donors (Lipinski definition) is 2. The first kappa shape index (κ1) is 24.7. The first-order valence-corrected chi connectivity index (χ1v) is 10.8. The number of benzene rings is 2. The smallest absolute Gasteiger partial charge is 0.492 e. The summed E-state index contributed by atoms with van der Waals surface area (Å²) in [6.45, 7) is 6.25. The van der Waals surface area contributed by atoms with E-state index in [0.29, 0.717) is 29.5 Å². The molecule has 9 heteroatoms. The van der Waals surface area contributed by atoms with Crippen molar-refractivity contribution >= 4 is 6.09 Å². The van der Waals surface area contributed by atoms with Gasteiger partial charge in [0.15, 0.2) is 0 Å². The molecule has 1 aliphatic carbocycles. The average molecular weight is 467 g/mol. The van der Waals surface area contributed by atoms with Crippen LogP contribution in [0.1, 0.15) is 39.2 Å². The van der Waals surface area contributed by atoms with Crippen molar-refractivity contribution in [2.45, 2.75) is 58.2 Å². The van der Waals surface area contributed by atoms with Gasteiger partial charge in [-0.3, -0.25) is 0 Å². The molecule has 0 aliphatic heterocycles. The van der Waals surface area contributed by atoms with Gasteiger partial charge in [0, 0.05) is 18.2 Å². The summed E-state index contributed by atoms with van der Waals surface area (Å²) < 4.78 is 53.8. The maximum Gasteiger partial charge on any atom is 0.573 e. The molecule has 1 saturated carbocycles. The van der Waals surface area contributed by atoms with Gasteiger partial charge in [-0.25, -0.2) is 4.79 Å². The highest BCUT2D eigenvalue weighted by Crippen LogP contribution is 2.36. The highest BCUT2D eigenvalue weighted by molar-refractivity contribution is 5.72. The van der Waals surface area contributed by atoms with Crippen LogP contribution < -0.4 is 20.1 Å². The normalized spacial score (nSPS) is 14.0. The largest absolute Gasteiger partial charge is 0.573 e. The Hall–Kier alpha value is -2.94. The fourth-order valence-corrected chi connectivity index (χ4v) is 3.11. The molecule has 2 aromatic carbocycles. The lowest BCUT2D eigenvalue weighted by Crippen LogP contribution is -2.34. The third-order valence-electron chi connectivity index (χ3n) is 4.60. The standard InChI is InChI=1S/C24H29F3N2O4/c1-23(2,3)33-22(30)28-10-11-31-19-13-16(15-29-18-8-9-18)12-17(14-19)20-6-4-5-7-21(20)32-24(25,26)27/h4-7,12-14,18,29H,8-11,15H2,1-3H3,(H,28,30). The molecule has 2 aromatic rings. The average Bonchev–Trinajstić information content (AvgIpc) is 3.52. The Morgan fingerprint density at radius 2 is 1.82 bits per heavy atom. The topological polar surface area (TPSA) is 68.8 Å². The van der Waals surface area contributed by atoms with Gasteiger partial charge in [0.05, 0.1) is 6.54 Å². The number of rotatable bonds is 9. The number of para-hydroxylation sites is 1. The predicted octanol–water partition coefficient (Wildman–Crippen LogP) is 5.41. The summed E-state index contributed by atoms with van der Waals surface area (Å²) in [6, 6.07) is 11.8. The van der Waals surface area contributed by atoms with Crippen molar-refractivity contribution in [3.05, 3.63) is 48.0 Å². The van der Waals surface area contributed by atoms with E-state index in [1.165, 1.54) is 12.1 Å². The van der Waals surface area contributed by atoms with Crippen LogP contribution in [0.4, 0.5) is 18.0 Å². The van der Waals surface area contributed by atoms with Gasteiger partial charge in [-0.1, -0.05) is 18.2 Å². The Bertz CT molecular complexity index is 953. The van der Waals surface area contributed by atoms with E-state index in [2.05, 4.69) is 15.4 Å². The fraction of sp³-hybridized carbons (Fsp3) is 0.458. The number of halogens is 3. The summed E-state index contributed by atoms with van der Waals surface area (Å²) in [5.74, 6) is 0.197. The zero-order valence-electron chi connectivity index (χ0n) is 18.9. The highest BCUT2D eigenvalue weighted by Gasteiger charge is 2.32. The molecule has 0 bridgehead atoms. The van der Waals surface area contributed by atoms with E-state index >= 15 is 0 Å². The molecule has 33 heavy (non-hydrogen) atoms. The number of alkyl carbamates (subject to hydrolysis) is 1. The number of nitrogens with one attached hydrogen (secondary N) is 2. The number of alkyl halides is 3. The number of carbonyl (C=O) groups excluding carboxylic acids is 1. The van der Waals surface area contributed by atoms with Crippen molar-refractivity contribution in [1.29, 1.82) is 0 Å². The van der Waals surface area contributed by atoms with Crippen molar-refractivity contribution in [1.82, 2.24) is 10.6 Å². The molecular formula is C24H29F3N2O4. The summed E-state index contributed by atoms with van der Waals surface area (Å²) in [5.41, 5.74) is 1.12. The number of hydrogen-bond acceptors (Lipinski definition) is 5. The van der Waals surface area contributed by atoms with Gasteiger partial charge >= 0.3 is 12.5 Å². The van der Waals surface area contributed by atoms with Crippen molar-refractivity contribution in [2.75, 3.05) is 13.2 Å². The van der Waals surface area contributed by atoms with Crippen LogP contribution in [0.2, 0.25) is 0 Å². The number of carbonyl (C=O) groups is 1. The molecule has 1 amide bonds. The molecule has 0 aromatic heterocycles. The third-order valence-corrected chi connectivity index (χ3v) is 4.60. The Labute approximate surface area is 191 Å². The van der Waals surface area contributed by atoms with Crippen molar-refractivity contribution in [3.63, 3.8) is 0 Å². The molecule has 0 spiro atoms. The minimum atomic E-state index is -4.80. The van der Waals surface area contributed by atoms with Crippen LogP contribution in [0.3, 0.4) is 0 Å². The molecule has 0 saturated heterocycles. The summed E-state index contributed by atoms with van der Waals surface area (Å²) >= 11 is 0. The van der Waals surface area contributed by atoms with Gasteiger partial charge < -0.3 is 24.8 Å². The van der Waals surface area contributed by atoms with Crippen LogP contribution in [0.25, 0.3) is 11.1 Å². The lowest BCUT2D eigenvalue weighted by atomic mass is 10.0. The summed E-state index contributed by atoms with van der Waals surface area (Å²) in [7, 11) is 0. The second-order valence-electron chi connectivity index (χ2n) is 8.84. The number of ether oxygens (including phenoxy) is 3. The van der Waals surface area contributed by atoms with Gasteiger partial charge in [-0.05, 0) is 69.0 Å². The molecule has 180 valence electrons. The van der Waals surface area contributed by atoms with Crippen LogP contribution in [0.15, 0.2) is 42.5 Å². The SMILES string of the molecule is CC(C)(C)OC(=O)NCCOc1cc(CNC2CC2)cc(-c2ccccc2OC(F)(F)F)c1. The van der Waals surface area contributed by atoms with Gasteiger partial charge in [0.1, 0.15) is 23.7 Å². The van der Waals surface area contributed by atoms with E-state index in [1.807, 2.05) is 12.1 Å². The van der Waals surface area contributed by atoms with Crippen molar-refractivity contribution < 1.29 is 32.2 Å². The molecule has 2 N–H and O–H groups in total. The molecule has 0 atom stereocenters. The van der Waals surface area contributed by atoms with Gasteiger partial charge in [0.2, 0.25) is 0 Å².